The minimum atomic E-state index is -0.780. The molecule has 2 aliphatic rings. The van der Waals surface area contributed by atoms with Gasteiger partial charge in [0.2, 0.25) is 0 Å². The normalized spacial score (nSPS) is 18.1. The number of imide groups is 1. The molecule has 0 fully saturated rings. The van der Waals surface area contributed by atoms with Crippen LogP contribution in [0.3, 0.4) is 0 Å². The first-order chi connectivity index (χ1) is 13.6. The summed E-state index contributed by atoms with van der Waals surface area (Å²) in [6, 6.07) is 14.8. The Labute approximate surface area is 164 Å². The molecular weight excluding hydrogens is 356 g/mol. The third-order valence-electron chi connectivity index (χ3n) is 5.11. The first kappa shape index (κ1) is 18.2. The number of ether oxygens (including phenoxy) is 2. The van der Waals surface area contributed by atoms with Crippen molar-refractivity contribution in [3.63, 3.8) is 0 Å². The molecule has 1 unspecified atom stereocenters. The maximum Gasteiger partial charge on any atom is 0.501 e. The van der Waals surface area contributed by atoms with Gasteiger partial charge in [0.15, 0.2) is 5.71 Å². The largest absolute Gasteiger partial charge is 0.501 e. The van der Waals surface area contributed by atoms with E-state index in [1.807, 2.05) is 55.5 Å². The Morgan fingerprint density at radius 1 is 1.14 bits per heavy atom. The van der Waals surface area contributed by atoms with E-state index in [0.29, 0.717) is 24.6 Å². The van der Waals surface area contributed by atoms with Crippen LogP contribution in [-0.2, 0) is 11.3 Å². The standard InChI is InChI=1S/C22H23N2O4/c1-3-4-12-23-21(25)20-19(17-10-5-6-11-18(17)28-20)24(22(23)26)14-15-8-7-9-16(13-15)27-2/h5-11,13,20H,3-4,12,14H2,1-2H3/q+1. The minimum absolute atomic E-state index is 0.286. The van der Waals surface area contributed by atoms with Crippen molar-refractivity contribution in [3.8, 4) is 11.5 Å². The summed E-state index contributed by atoms with van der Waals surface area (Å²) >= 11 is 0. The fraction of sp³-hybridized carbons (Fsp3) is 0.318. The quantitative estimate of drug-likeness (QED) is 0.723. The van der Waals surface area contributed by atoms with Crippen molar-refractivity contribution >= 4 is 17.6 Å². The van der Waals surface area contributed by atoms with Crippen molar-refractivity contribution in [1.82, 2.24) is 4.90 Å². The van der Waals surface area contributed by atoms with Crippen LogP contribution in [0, 0.1) is 0 Å². The second kappa shape index (κ2) is 7.46. The number of nitrogens with zero attached hydrogens (tertiary/aromatic N) is 2. The van der Waals surface area contributed by atoms with Crippen LogP contribution >= 0.6 is 0 Å². The van der Waals surface area contributed by atoms with E-state index in [1.165, 1.54) is 4.90 Å². The average molecular weight is 379 g/mol. The Balaban J connectivity index is 1.81. The molecule has 144 valence electrons. The highest BCUT2D eigenvalue weighted by atomic mass is 16.5. The van der Waals surface area contributed by atoms with Crippen LogP contribution in [-0.4, -0.2) is 46.9 Å². The molecule has 4 rings (SSSR count). The van der Waals surface area contributed by atoms with Gasteiger partial charge < -0.3 is 9.47 Å². The number of rotatable bonds is 6. The number of carbonyl (C=O) groups is 2. The zero-order valence-corrected chi connectivity index (χ0v) is 16.1. The van der Waals surface area contributed by atoms with Crippen molar-refractivity contribution in [1.29, 1.82) is 0 Å². The fourth-order valence-corrected chi connectivity index (χ4v) is 3.67. The SMILES string of the molecule is CCCCN1C(=O)C2Oc3ccccc3C2=[N+](Cc2cccc(OC)c2)C1=O. The first-order valence-electron chi connectivity index (χ1n) is 9.52. The van der Waals surface area contributed by atoms with Crippen molar-refractivity contribution in [2.45, 2.75) is 32.4 Å². The monoisotopic (exact) mass is 379 g/mol. The summed E-state index contributed by atoms with van der Waals surface area (Å²) in [7, 11) is 1.61. The van der Waals surface area contributed by atoms with Gasteiger partial charge in [-0.3, -0.25) is 0 Å². The number of para-hydroxylation sites is 1. The lowest BCUT2D eigenvalue weighted by molar-refractivity contribution is -0.456. The van der Waals surface area contributed by atoms with Gasteiger partial charge >= 0.3 is 11.9 Å². The number of unbranched alkanes of at least 4 members (excludes halogenated alkanes) is 1. The Morgan fingerprint density at radius 2 is 1.96 bits per heavy atom. The fourth-order valence-electron chi connectivity index (χ4n) is 3.67. The Morgan fingerprint density at radius 3 is 2.75 bits per heavy atom. The molecule has 0 bridgehead atoms. The Bertz CT molecular complexity index is 967. The van der Waals surface area contributed by atoms with Crippen LogP contribution in [0.5, 0.6) is 11.5 Å². The zero-order chi connectivity index (χ0) is 19.7. The van der Waals surface area contributed by atoms with Gasteiger partial charge in [-0.15, -0.1) is 0 Å². The minimum Gasteiger partial charge on any atom is -0.497 e. The second-order valence-corrected chi connectivity index (χ2v) is 6.94. The van der Waals surface area contributed by atoms with Crippen molar-refractivity contribution < 1.29 is 23.6 Å². The smallest absolute Gasteiger partial charge is 0.497 e. The van der Waals surface area contributed by atoms with Crippen LogP contribution in [0.4, 0.5) is 4.79 Å². The number of amides is 3. The molecular formula is C22H23N2O4+. The summed E-state index contributed by atoms with van der Waals surface area (Å²) in [5.74, 6) is 1.08. The molecule has 0 spiro atoms. The molecule has 6 nitrogen and oxygen atoms in total. The molecule has 2 aliphatic heterocycles. The van der Waals surface area contributed by atoms with E-state index in [-0.39, 0.29) is 11.9 Å². The third kappa shape index (κ3) is 3.05. The summed E-state index contributed by atoms with van der Waals surface area (Å²) < 4.78 is 12.9. The Hall–Kier alpha value is -3.15. The van der Waals surface area contributed by atoms with Crippen LogP contribution in [0.2, 0.25) is 0 Å². The van der Waals surface area contributed by atoms with E-state index in [2.05, 4.69) is 0 Å². The maximum absolute atomic E-state index is 13.3. The average Bonchev–Trinajstić information content (AvgIpc) is 3.11. The first-order valence-corrected chi connectivity index (χ1v) is 9.52. The molecule has 0 saturated carbocycles. The van der Waals surface area contributed by atoms with Crippen molar-refractivity contribution in [2.24, 2.45) is 0 Å². The molecule has 0 aromatic heterocycles. The number of hydrogen-bond donors (Lipinski definition) is 0. The molecule has 0 N–H and O–H groups in total. The number of hydrogen-bond acceptors (Lipinski definition) is 4. The van der Waals surface area contributed by atoms with Gasteiger partial charge in [-0.25, -0.2) is 4.79 Å². The highest BCUT2D eigenvalue weighted by Crippen LogP contribution is 2.32. The summed E-state index contributed by atoms with van der Waals surface area (Å²) in [6.45, 7) is 2.77. The van der Waals surface area contributed by atoms with Gasteiger partial charge in [-0.1, -0.05) is 37.6 Å². The molecule has 2 aromatic carbocycles. The van der Waals surface area contributed by atoms with Crippen LogP contribution < -0.4 is 9.47 Å². The highest BCUT2D eigenvalue weighted by molar-refractivity contribution is 6.21. The van der Waals surface area contributed by atoms with Gasteiger partial charge in [-0.2, -0.15) is 14.3 Å². The molecule has 3 amide bonds. The highest BCUT2D eigenvalue weighted by Gasteiger charge is 2.53. The van der Waals surface area contributed by atoms with Crippen LogP contribution in [0.25, 0.3) is 0 Å². The summed E-state index contributed by atoms with van der Waals surface area (Å²) in [5, 5.41) is 0. The van der Waals surface area contributed by atoms with E-state index in [4.69, 9.17) is 9.47 Å². The molecule has 6 heteroatoms. The summed E-state index contributed by atoms with van der Waals surface area (Å²) in [5.41, 5.74) is 2.35. The summed E-state index contributed by atoms with van der Waals surface area (Å²) in [4.78, 5) is 27.6. The molecule has 0 saturated heterocycles. The molecule has 2 aromatic rings. The third-order valence-corrected chi connectivity index (χ3v) is 5.11. The lowest BCUT2D eigenvalue weighted by Crippen LogP contribution is -2.57. The number of fused-ring (bicyclic) bond motifs is 3. The van der Waals surface area contributed by atoms with Gasteiger partial charge in [0.1, 0.15) is 18.0 Å². The molecule has 28 heavy (non-hydrogen) atoms. The van der Waals surface area contributed by atoms with Crippen LogP contribution in [0.1, 0.15) is 30.9 Å². The van der Waals surface area contributed by atoms with Gasteiger partial charge in [-0.05, 0) is 36.2 Å². The van der Waals surface area contributed by atoms with E-state index < -0.39 is 6.10 Å². The molecule has 0 radical (unpaired) electrons. The van der Waals surface area contributed by atoms with Crippen molar-refractivity contribution in [3.05, 3.63) is 59.7 Å². The molecule has 0 aliphatic carbocycles. The van der Waals surface area contributed by atoms with E-state index >= 15 is 0 Å². The lowest BCUT2D eigenvalue weighted by Gasteiger charge is -2.24. The number of methoxy groups -OCH3 is 1. The van der Waals surface area contributed by atoms with Gasteiger partial charge in [0.25, 0.3) is 6.10 Å². The van der Waals surface area contributed by atoms with Crippen LogP contribution in [0.15, 0.2) is 48.5 Å². The molecule has 1 atom stereocenters. The van der Waals surface area contributed by atoms with E-state index in [1.54, 1.807) is 11.7 Å². The lowest BCUT2D eigenvalue weighted by atomic mass is 10.0. The zero-order valence-electron chi connectivity index (χ0n) is 16.1. The number of carbonyl (C=O) groups excluding carboxylic acids is 2. The van der Waals surface area contributed by atoms with E-state index in [9.17, 15) is 9.59 Å². The Kier molecular flexibility index (Phi) is 4.86. The number of urea groups is 1. The van der Waals surface area contributed by atoms with Gasteiger partial charge in [0, 0.05) is 0 Å². The predicted molar refractivity (Wildman–Crippen MR) is 104 cm³/mol. The predicted octanol–water partition coefficient (Wildman–Crippen LogP) is 3.22. The summed E-state index contributed by atoms with van der Waals surface area (Å²) in [6.07, 6.45) is 0.881. The maximum atomic E-state index is 13.3. The van der Waals surface area contributed by atoms with Gasteiger partial charge in [0.05, 0.1) is 19.2 Å². The topological polar surface area (TPSA) is 58.9 Å². The number of benzene rings is 2. The van der Waals surface area contributed by atoms with E-state index in [0.717, 1.165) is 29.7 Å². The molecule has 2 heterocycles. The van der Waals surface area contributed by atoms with Crippen molar-refractivity contribution in [2.75, 3.05) is 13.7 Å². The second-order valence-electron chi connectivity index (χ2n) is 6.94.